The Bertz CT molecular complexity index is 3390. The molecule has 0 bridgehead atoms. The van der Waals surface area contributed by atoms with E-state index in [4.69, 9.17) is 14.4 Å². The van der Waals surface area contributed by atoms with Gasteiger partial charge in [-0.05, 0) is 74.3 Å². The summed E-state index contributed by atoms with van der Waals surface area (Å²) in [6.07, 6.45) is -0.321. The molecule has 11 aromatic rings. The number of hydrogen-bond donors (Lipinski definition) is 0. The Hall–Kier alpha value is -7.50. The molecule has 0 aliphatic carbocycles. The summed E-state index contributed by atoms with van der Waals surface area (Å²) in [5.74, 6) is 1.55. The summed E-state index contributed by atoms with van der Waals surface area (Å²) in [6, 6.07) is 64.7. The average Bonchev–Trinajstić information content (AvgIpc) is 3.83. The number of para-hydroxylation sites is 1. The molecule has 1 atom stereocenters. The molecule has 1 aliphatic heterocycles. The van der Waals surface area contributed by atoms with Crippen LogP contribution in [0.5, 0.6) is 0 Å². The van der Waals surface area contributed by atoms with Crippen LogP contribution in [0, 0.1) is 0 Å². The fourth-order valence-corrected chi connectivity index (χ4v) is 9.20. The third-order valence-electron chi connectivity index (χ3n) is 11.8. The summed E-state index contributed by atoms with van der Waals surface area (Å²) >= 11 is 0. The number of aliphatic imine (C=N–C) groups is 2. The first kappa shape index (κ1) is 31.8. The Morgan fingerprint density at radius 3 is 1.75 bits per heavy atom. The van der Waals surface area contributed by atoms with Crippen LogP contribution in [0.25, 0.3) is 81.7 Å². The lowest BCUT2D eigenvalue weighted by Crippen LogP contribution is -2.35. The van der Waals surface area contributed by atoms with E-state index in [0.717, 1.165) is 60.9 Å². The maximum absolute atomic E-state index is 6.50. The van der Waals surface area contributed by atoms with Crippen LogP contribution in [0.2, 0.25) is 0 Å². The quantitative estimate of drug-likeness (QED) is 0.181. The SMILES string of the molecule is CN1C(c2cc3oc4ccccc4c3c3ccccc23)=NC(c2ccccc2)=NC1c1ccc(-n2c3ccc4ccccc4c3c3c4ccccc4ccc32)cc1. The number of aromatic nitrogens is 1. The van der Waals surface area contributed by atoms with E-state index < -0.39 is 0 Å². The average molecular weight is 731 g/mol. The molecule has 1 aliphatic rings. The maximum Gasteiger partial charge on any atom is 0.159 e. The Kier molecular flexibility index (Phi) is 6.84. The molecule has 57 heavy (non-hydrogen) atoms. The molecule has 9 aromatic carbocycles. The van der Waals surface area contributed by atoms with Crippen LogP contribution in [0.15, 0.2) is 196 Å². The predicted octanol–water partition coefficient (Wildman–Crippen LogP) is 13.0. The van der Waals surface area contributed by atoms with E-state index in [0.29, 0.717) is 5.84 Å². The minimum absolute atomic E-state index is 0.321. The number of benzene rings is 9. The summed E-state index contributed by atoms with van der Waals surface area (Å²) in [6.45, 7) is 0. The first-order chi connectivity index (χ1) is 28.2. The third-order valence-corrected chi connectivity index (χ3v) is 11.8. The second kappa shape index (κ2) is 12.3. The van der Waals surface area contributed by atoms with E-state index in [1.54, 1.807) is 0 Å². The fourth-order valence-electron chi connectivity index (χ4n) is 9.20. The maximum atomic E-state index is 6.50. The lowest BCUT2D eigenvalue weighted by atomic mass is 9.97. The third kappa shape index (κ3) is 4.76. The Balaban J connectivity index is 1.03. The van der Waals surface area contributed by atoms with E-state index in [9.17, 15) is 0 Å². The van der Waals surface area contributed by atoms with Gasteiger partial charge in [0, 0.05) is 45.4 Å². The highest BCUT2D eigenvalue weighted by atomic mass is 16.3. The van der Waals surface area contributed by atoms with E-state index in [2.05, 4.69) is 168 Å². The highest BCUT2D eigenvalue weighted by Gasteiger charge is 2.29. The summed E-state index contributed by atoms with van der Waals surface area (Å²) in [7, 11) is 2.10. The number of fused-ring (bicyclic) bond motifs is 12. The second-order valence-corrected chi connectivity index (χ2v) is 15.0. The molecule has 2 aromatic heterocycles. The lowest BCUT2D eigenvalue weighted by Gasteiger charge is -2.33. The number of furan rings is 1. The molecule has 0 amide bonds. The second-order valence-electron chi connectivity index (χ2n) is 15.0. The van der Waals surface area contributed by atoms with Gasteiger partial charge in [0.1, 0.15) is 23.2 Å². The van der Waals surface area contributed by atoms with Crippen molar-refractivity contribution in [3.05, 3.63) is 199 Å². The highest BCUT2D eigenvalue weighted by molar-refractivity contribution is 6.29. The van der Waals surface area contributed by atoms with Crippen molar-refractivity contribution in [3.63, 3.8) is 0 Å². The zero-order valence-electron chi connectivity index (χ0n) is 31.1. The largest absolute Gasteiger partial charge is 0.456 e. The van der Waals surface area contributed by atoms with Crippen LogP contribution in [0.4, 0.5) is 0 Å². The van der Waals surface area contributed by atoms with Gasteiger partial charge in [-0.2, -0.15) is 0 Å². The lowest BCUT2D eigenvalue weighted by molar-refractivity contribution is 0.383. The molecule has 1 unspecified atom stereocenters. The number of amidine groups is 2. The summed E-state index contributed by atoms with van der Waals surface area (Å²) in [4.78, 5) is 12.9. The molecule has 268 valence electrons. The molecular weight excluding hydrogens is 697 g/mol. The molecule has 0 saturated heterocycles. The van der Waals surface area contributed by atoms with Crippen LogP contribution in [0.3, 0.4) is 0 Å². The van der Waals surface area contributed by atoms with Gasteiger partial charge in [-0.15, -0.1) is 0 Å². The van der Waals surface area contributed by atoms with Crippen molar-refractivity contribution in [2.75, 3.05) is 7.05 Å². The van der Waals surface area contributed by atoms with Gasteiger partial charge in [-0.3, -0.25) is 0 Å². The van der Waals surface area contributed by atoms with Gasteiger partial charge in [0.05, 0.1) is 11.0 Å². The van der Waals surface area contributed by atoms with Gasteiger partial charge in [0.2, 0.25) is 0 Å². The van der Waals surface area contributed by atoms with Crippen LogP contribution >= 0.6 is 0 Å². The van der Waals surface area contributed by atoms with Crippen molar-refractivity contribution in [1.82, 2.24) is 9.47 Å². The Morgan fingerprint density at radius 1 is 0.491 bits per heavy atom. The van der Waals surface area contributed by atoms with Crippen molar-refractivity contribution in [2.45, 2.75) is 6.17 Å². The molecule has 12 rings (SSSR count). The van der Waals surface area contributed by atoms with E-state index in [-0.39, 0.29) is 6.17 Å². The molecule has 0 fully saturated rings. The van der Waals surface area contributed by atoms with E-state index >= 15 is 0 Å². The van der Waals surface area contributed by atoms with Crippen LogP contribution in [-0.4, -0.2) is 28.2 Å². The predicted molar refractivity (Wildman–Crippen MR) is 237 cm³/mol. The normalized spacial score (nSPS) is 14.8. The van der Waals surface area contributed by atoms with Gasteiger partial charge in [0.15, 0.2) is 5.84 Å². The Morgan fingerprint density at radius 2 is 1.07 bits per heavy atom. The van der Waals surface area contributed by atoms with Crippen molar-refractivity contribution in [2.24, 2.45) is 9.98 Å². The summed E-state index contributed by atoms with van der Waals surface area (Å²) < 4.78 is 8.92. The van der Waals surface area contributed by atoms with Gasteiger partial charge in [-0.1, -0.05) is 146 Å². The molecule has 0 saturated carbocycles. The fraction of sp³-hybridized carbons (Fsp3) is 0.0385. The minimum Gasteiger partial charge on any atom is -0.456 e. The molecule has 3 heterocycles. The smallest absolute Gasteiger partial charge is 0.159 e. The molecule has 5 heteroatoms. The Labute approximate surface area is 328 Å². The van der Waals surface area contributed by atoms with E-state index in [1.807, 2.05) is 30.3 Å². The zero-order valence-corrected chi connectivity index (χ0v) is 31.1. The summed E-state index contributed by atoms with van der Waals surface area (Å²) in [5, 5.41) is 12.1. The first-order valence-electron chi connectivity index (χ1n) is 19.4. The molecule has 0 N–H and O–H groups in total. The number of rotatable bonds is 4. The minimum atomic E-state index is -0.321. The van der Waals surface area contributed by atoms with Crippen molar-refractivity contribution in [3.8, 4) is 5.69 Å². The highest BCUT2D eigenvalue weighted by Crippen LogP contribution is 2.42. The monoisotopic (exact) mass is 730 g/mol. The summed E-state index contributed by atoms with van der Waals surface area (Å²) in [5.41, 5.74) is 8.26. The molecular formula is C52H34N4O. The van der Waals surface area contributed by atoms with Gasteiger partial charge in [-0.25, -0.2) is 9.98 Å². The van der Waals surface area contributed by atoms with E-state index in [1.165, 1.54) is 43.4 Å². The standard InChI is InChI=1S/C52H34N4O/c1-55-51(35-23-27-36(28-24-35)56-43-29-25-32-13-5-7-17-37(32)48(43)49-38-18-8-6-14-33(38)26-30-44(49)56)53-50(34-15-3-2-4-16-34)54-52(55)42-31-46-47(40-20-10-9-19-39(40)42)41-21-11-12-22-45(41)57-46/h2-31,51H,1H3. The van der Waals surface area contributed by atoms with Crippen LogP contribution in [0.1, 0.15) is 22.9 Å². The number of nitrogens with zero attached hydrogens (tertiary/aromatic N) is 4. The molecule has 0 radical (unpaired) electrons. The van der Waals surface area contributed by atoms with Crippen molar-refractivity contribution < 1.29 is 4.42 Å². The first-order valence-corrected chi connectivity index (χ1v) is 19.4. The number of hydrogen-bond acceptors (Lipinski definition) is 4. The molecule has 5 nitrogen and oxygen atoms in total. The topological polar surface area (TPSA) is 46.0 Å². The van der Waals surface area contributed by atoms with Crippen molar-refractivity contribution >= 4 is 87.7 Å². The zero-order chi connectivity index (χ0) is 37.6. The van der Waals surface area contributed by atoms with Crippen molar-refractivity contribution in [1.29, 1.82) is 0 Å². The van der Waals surface area contributed by atoms with Gasteiger partial charge < -0.3 is 13.9 Å². The van der Waals surface area contributed by atoms with Gasteiger partial charge >= 0.3 is 0 Å². The van der Waals surface area contributed by atoms with Crippen LogP contribution in [-0.2, 0) is 0 Å². The van der Waals surface area contributed by atoms with Crippen LogP contribution < -0.4 is 0 Å². The molecule has 0 spiro atoms. The van der Waals surface area contributed by atoms with Gasteiger partial charge in [0.25, 0.3) is 0 Å².